The van der Waals surface area contributed by atoms with Crippen molar-refractivity contribution < 1.29 is 13.0 Å². The molecule has 0 atom stereocenters. The van der Waals surface area contributed by atoms with Crippen molar-refractivity contribution in [2.24, 2.45) is 0 Å². The summed E-state index contributed by atoms with van der Waals surface area (Å²) in [6.07, 6.45) is 4.25. The van der Waals surface area contributed by atoms with Gasteiger partial charge in [-0.3, -0.25) is 4.55 Å². The minimum Gasteiger partial charge on any atom is -0.285 e. The van der Waals surface area contributed by atoms with E-state index in [1.807, 2.05) is 0 Å². The smallest absolute Gasteiger partial charge is 0.267 e. The van der Waals surface area contributed by atoms with E-state index in [0.29, 0.717) is 12.8 Å². The highest BCUT2D eigenvalue weighted by Crippen LogP contribution is 2.22. The maximum absolute atomic E-state index is 10.5. The summed E-state index contributed by atoms with van der Waals surface area (Å²) >= 11 is 0. The summed E-state index contributed by atoms with van der Waals surface area (Å²) in [7, 11) is -3.73. The summed E-state index contributed by atoms with van der Waals surface area (Å²) in [6, 6.07) is 0. The second kappa shape index (κ2) is 8.17. The molecule has 0 aromatic rings. The summed E-state index contributed by atoms with van der Waals surface area (Å²) in [5.74, 6) is 0. The van der Waals surface area contributed by atoms with Crippen LogP contribution in [0.25, 0.3) is 0 Å². The Hall–Kier alpha value is 0.840. The maximum atomic E-state index is 10.5. The second-order valence-electron chi connectivity index (χ2n) is 2.77. The van der Waals surface area contributed by atoms with E-state index >= 15 is 0 Å². The first-order valence-electron chi connectivity index (χ1n) is 3.57. The van der Waals surface area contributed by atoms with Crippen LogP contribution in [-0.2, 0) is 10.1 Å². The zero-order chi connectivity index (χ0) is 7.61. The van der Waals surface area contributed by atoms with E-state index in [9.17, 15) is 8.42 Å². The van der Waals surface area contributed by atoms with Gasteiger partial charge in [0.15, 0.2) is 0 Å². The Morgan fingerprint density at radius 1 is 1.00 bits per heavy atom. The maximum Gasteiger partial charge on any atom is 0.267 e. The van der Waals surface area contributed by atoms with Gasteiger partial charge in [0.1, 0.15) is 0 Å². The first-order valence-corrected chi connectivity index (χ1v) is 5.07. The van der Waals surface area contributed by atoms with Crippen molar-refractivity contribution >= 4 is 48.4 Å². The third kappa shape index (κ3) is 6.85. The normalized spacial score (nSPS) is 17.6. The van der Waals surface area contributed by atoms with E-state index in [0.717, 1.165) is 19.3 Å². The van der Waals surface area contributed by atoms with Crippen LogP contribution in [-0.4, -0.2) is 18.2 Å². The lowest BCUT2D eigenvalue weighted by molar-refractivity contribution is 0.425. The van der Waals surface area contributed by atoms with Gasteiger partial charge in [0.2, 0.25) is 0 Å². The third-order valence-corrected chi connectivity index (χ3v) is 3.29. The van der Waals surface area contributed by atoms with Crippen LogP contribution in [0.1, 0.15) is 32.1 Å². The van der Waals surface area contributed by atoms with Gasteiger partial charge in [0.25, 0.3) is 10.1 Å². The summed E-state index contributed by atoms with van der Waals surface area (Å²) in [5.41, 5.74) is 0. The Morgan fingerprint density at radius 2 is 1.38 bits per heavy atom. The molecule has 1 aliphatic rings. The lowest BCUT2D eigenvalue weighted by Gasteiger charge is -2.17. The van der Waals surface area contributed by atoms with Crippen LogP contribution in [0.5, 0.6) is 0 Å². The zero-order valence-corrected chi connectivity index (χ0v) is 10.6. The first kappa shape index (κ1) is 19.4. The monoisotopic (exact) mass is 270 g/mol. The largest absolute Gasteiger partial charge is 0.285 e. The average molecular weight is 271 g/mol. The fourth-order valence-corrected chi connectivity index (χ4v) is 2.29. The molecular formula is C6H16Cl2O3S2. The van der Waals surface area contributed by atoms with Crippen molar-refractivity contribution in [2.45, 2.75) is 37.4 Å². The molecule has 0 unspecified atom stereocenters. The van der Waals surface area contributed by atoms with Gasteiger partial charge in [-0.25, -0.2) is 0 Å². The summed E-state index contributed by atoms with van der Waals surface area (Å²) in [5, 5.41) is -0.471. The molecule has 3 nitrogen and oxygen atoms in total. The van der Waals surface area contributed by atoms with E-state index in [4.69, 9.17) is 4.55 Å². The molecule has 1 fully saturated rings. The van der Waals surface area contributed by atoms with Crippen molar-refractivity contribution in [1.29, 1.82) is 0 Å². The minimum atomic E-state index is -3.73. The van der Waals surface area contributed by atoms with Crippen LogP contribution in [0.4, 0.5) is 0 Å². The van der Waals surface area contributed by atoms with Gasteiger partial charge < -0.3 is 0 Å². The average Bonchev–Trinajstić information content (AvgIpc) is 1.88. The van der Waals surface area contributed by atoms with Gasteiger partial charge >= 0.3 is 0 Å². The molecule has 0 amide bonds. The fourth-order valence-electron chi connectivity index (χ4n) is 1.36. The van der Waals surface area contributed by atoms with Crippen molar-refractivity contribution in [3.63, 3.8) is 0 Å². The molecule has 7 heteroatoms. The molecular weight excluding hydrogens is 255 g/mol. The molecule has 13 heavy (non-hydrogen) atoms. The third-order valence-electron chi connectivity index (χ3n) is 1.97. The summed E-state index contributed by atoms with van der Waals surface area (Å²) in [6.45, 7) is 0. The van der Waals surface area contributed by atoms with Crippen molar-refractivity contribution in [3.8, 4) is 0 Å². The molecule has 1 rings (SSSR count). The molecule has 0 spiro atoms. The van der Waals surface area contributed by atoms with E-state index in [2.05, 4.69) is 0 Å². The predicted octanol–water partition coefficient (Wildman–Crippen LogP) is 2.16. The standard InChI is InChI=1S/C6H12O3S.2ClH.H2S/c7-10(8,9)6-4-2-1-3-5-6;;;/h6H,1-5H2,(H,7,8,9);2*1H;1H2. The van der Waals surface area contributed by atoms with Gasteiger partial charge in [0.05, 0.1) is 5.25 Å². The Morgan fingerprint density at radius 3 is 1.62 bits per heavy atom. The summed E-state index contributed by atoms with van der Waals surface area (Å²) in [4.78, 5) is 0. The molecule has 0 aliphatic heterocycles. The lowest BCUT2D eigenvalue weighted by atomic mass is 10.0. The Labute approximate surface area is 98.7 Å². The van der Waals surface area contributed by atoms with Crippen LogP contribution in [0.15, 0.2) is 0 Å². The zero-order valence-electron chi connectivity index (χ0n) is 7.10. The Balaban J connectivity index is -0.000000333. The summed E-state index contributed by atoms with van der Waals surface area (Å²) < 4.78 is 29.7. The second-order valence-corrected chi connectivity index (χ2v) is 4.47. The van der Waals surface area contributed by atoms with E-state index in [-0.39, 0.29) is 38.3 Å². The SMILES string of the molecule is Cl.Cl.O=S(=O)(O)C1CCCCC1.S. The lowest BCUT2D eigenvalue weighted by Crippen LogP contribution is -2.22. The molecule has 0 aromatic heterocycles. The van der Waals surface area contributed by atoms with Gasteiger partial charge in [-0.05, 0) is 12.8 Å². The highest BCUT2D eigenvalue weighted by Gasteiger charge is 2.24. The van der Waals surface area contributed by atoms with Crippen LogP contribution in [0.3, 0.4) is 0 Å². The van der Waals surface area contributed by atoms with Gasteiger partial charge in [-0.1, -0.05) is 19.3 Å². The number of hydrogen-bond acceptors (Lipinski definition) is 2. The molecule has 1 N–H and O–H groups in total. The van der Waals surface area contributed by atoms with E-state index in [1.165, 1.54) is 0 Å². The molecule has 0 heterocycles. The Bertz CT molecular complexity index is 200. The van der Waals surface area contributed by atoms with Gasteiger partial charge in [0, 0.05) is 0 Å². The highest BCUT2D eigenvalue weighted by molar-refractivity contribution is 7.86. The van der Waals surface area contributed by atoms with Crippen molar-refractivity contribution in [3.05, 3.63) is 0 Å². The highest BCUT2D eigenvalue weighted by atomic mass is 35.5. The molecule has 0 bridgehead atoms. The molecule has 1 aliphatic carbocycles. The van der Waals surface area contributed by atoms with Crippen molar-refractivity contribution in [2.75, 3.05) is 0 Å². The van der Waals surface area contributed by atoms with Crippen molar-refractivity contribution in [1.82, 2.24) is 0 Å². The quantitative estimate of drug-likeness (QED) is 0.743. The molecule has 0 aromatic carbocycles. The first-order chi connectivity index (χ1) is 4.61. The number of halogens is 2. The topological polar surface area (TPSA) is 54.4 Å². The van der Waals surface area contributed by atoms with Crippen LogP contribution < -0.4 is 0 Å². The molecule has 1 saturated carbocycles. The molecule has 0 saturated heterocycles. The predicted molar refractivity (Wildman–Crippen MR) is 63.3 cm³/mol. The molecule has 0 radical (unpaired) electrons. The van der Waals surface area contributed by atoms with E-state index < -0.39 is 15.4 Å². The number of hydrogen-bond donors (Lipinski definition) is 1. The molecule has 84 valence electrons. The Kier molecular flexibility index (Phi) is 12.2. The fraction of sp³-hybridized carbons (Fsp3) is 1.00. The number of rotatable bonds is 1. The minimum absolute atomic E-state index is 0. The van der Waals surface area contributed by atoms with Crippen LogP contribution in [0, 0.1) is 0 Å². The van der Waals surface area contributed by atoms with Crippen LogP contribution in [0.2, 0.25) is 0 Å². The van der Waals surface area contributed by atoms with Crippen LogP contribution >= 0.6 is 38.3 Å². The van der Waals surface area contributed by atoms with Gasteiger partial charge in [-0.2, -0.15) is 21.9 Å². The van der Waals surface area contributed by atoms with Gasteiger partial charge in [-0.15, -0.1) is 24.8 Å². The van der Waals surface area contributed by atoms with E-state index in [1.54, 1.807) is 0 Å².